The Morgan fingerprint density at radius 3 is 2.27 bits per heavy atom. The lowest BCUT2D eigenvalue weighted by molar-refractivity contribution is -0.138. The predicted molar refractivity (Wildman–Crippen MR) is 205 cm³/mol. The molecule has 16 heteroatoms. The number of carbonyl (C=O) groups excluding carboxylic acids is 3. The maximum Gasteiger partial charge on any atom is 0.420 e. The number of hydrogen-bond donors (Lipinski definition) is 4. The molecule has 0 spiro atoms. The molecule has 3 aromatic carbocycles. The number of aromatic carboxylic acids is 1. The van der Waals surface area contributed by atoms with E-state index in [2.05, 4.69) is 15.0 Å². The van der Waals surface area contributed by atoms with Gasteiger partial charge in [0.05, 0.1) is 0 Å². The monoisotopic (exact) mass is 783 g/mol. The van der Waals surface area contributed by atoms with Crippen molar-refractivity contribution in [3.8, 4) is 11.1 Å². The number of likely N-dealkylation sites (N-methyl/N-ethyl adjacent to an activating group) is 1. The largest absolute Gasteiger partial charge is 0.476 e. The Bertz CT molecular complexity index is 2400. The highest BCUT2D eigenvalue weighted by atomic mass is 32.1. The number of para-hydroxylation sites is 1. The highest BCUT2D eigenvalue weighted by molar-refractivity contribution is 7.08. The molecule has 6 rings (SSSR count). The van der Waals surface area contributed by atoms with E-state index >= 15 is 4.79 Å². The summed E-state index contributed by atoms with van der Waals surface area (Å²) in [5, 5.41) is 14.4. The summed E-state index contributed by atoms with van der Waals surface area (Å²) in [6, 6.07) is 18.4. The van der Waals surface area contributed by atoms with Crippen LogP contribution < -0.4 is 16.2 Å². The second-order valence-electron chi connectivity index (χ2n) is 13.3. The van der Waals surface area contributed by atoms with Crippen molar-refractivity contribution in [3.05, 3.63) is 135 Å². The molecule has 0 fully saturated rings. The standard InChI is InChI=1S/C40H36F3N7O5S/c1-22-14-23(2)16-27(15-22)36(52)49(3)33(17-24-8-10-25(11-9-24)26-12-13-56-21-26)37(53)50(39-46-20-30(40(41,42)43)34(47-39)38(54)55)32(35(51)48-44)18-28-19-45-31-7-5-4-6-29(28)31/h4-16,19-21,32-33,45H,17-18,44H2,1-3H3,(H,48,51)(H,54,55)/t32-,33-/m0/s1. The van der Waals surface area contributed by atoms with Gasteiger partial charge in [-0.25, -0.2) is 20.6 Å². The number of carbonyl (C=O) groups is 4. The molecular weight excluding hydrogens is 748 g/mol. The van der Waals surface area contributed by atoms with Crippen LogP contribution in [0.15, 0.2) is 96.0 Å². The zero-order valence-corrected chi connectivity index (χ0v) is 31.1. The van der Waals surface area contributed by atoms with Crippen LogP contribution in [0.25, 0.3) is 22.0 Å². The third kappa shape index (κ3) is 8.30. The summed E-state index contributed by atoms with van der Waals surface area (Å²) < 4.78 is 42.0. The minimum absolute atomic E-state index is 0.136. The molecule has 6 aromatic rings. The van der Waals surface area contributed by atoms with Crippen LogP contribution >= 0.6 is 11.3 Å². The summed E-state index contributed by atoms with van der Waals surface area (Å²) in [5.41, 5.74) is 4.42. The van der Waals surface area contributed by atoms with Gasteiger partial charge in [-0.1, -0.05) is 59.7 Å². The van der Waals surface area contributed by atoms with Crippen LogP contribution in [0.3, 0.4) is 0 Å². The third-order valence-corrected chi connectivity index (χ3v) is 10.0. The number of alkyl halides is 3. The number of hydrogen-bond acceptors (Lipinski definition) is 8. The molecule has 5 N–H and O–H groups in total. The van der Waals surface area contributed by atoms with Crippen molar-refractivity contribution < 1.29 is 37.5 Å². The highest BCUT2D eigenvalue weighted by Gasteiger charge is 2.42. The molecule has 3 amide bonds. The number of carboxylic acid groups (broad SMARTS) is 1. The average Bonchev–Trinajstić information content (AvgIpc) is 3.86. The van der Waals surface area contributed by atoms with Crippen LogP contribution in [-0.2, 0) is 28.6 Å². The lowest BCUT2D eigenvalue weighted by Crippen LogP contribution is -2.59. The molecule has 0 aliphatic rings. The molecule has 0 unspecified atom stereocenters. The number of aromatic nitrogens is 3. The van der Waals surface area contributed by atoms with E-state index in [9.17, 15) is 32.7 Å². The van der Waals surface area contributed by atoms with Crippen molar-refractivity contribution in [2.24, 2.45) is 5.84 Å². The lowest BCUT2D eigenvalue weighted by atomic mass is 9.97. The molecule has 0 bridgehead atoms. The van der Waals surface area contributed by atoms with Crippen LogP contribution in [0.5, 0.6) is 0 Å². The first-order valence-electron chi connectivity index (χ1n) is 17.2. The summed E-state index contributed by atoms with van der Waals surface area (Å²) in [6.07, 6.45) is -3.74. The number of thiophene rings is 1. The van der Waals surface area contributed by atoms with Crippen molar-refractivity contribution in [1.82, 2.24) is 25.3 Å². The summed E-state index contributed by atoms with van der Waals surface area (Å²) in [6.45, 7) is 3.62. The first-order chi connectivity index (χ1) is 26.7. The fourth-order valence-electron chi connectivity index (χ4n) is 6.64. The Morgan fingerprint density at radius 2 is 1.64 bits per heavy atom. The molecule has 0 aliphatic carbocycles. The number of amides is 3. The quantitative estimate of drug-likeness (QED) is 0.0632. The Balaban J connectivity index is 1.52. The van der Waals surface area contributed by atoms with E-state index < -0.39 is 59.2 Å². The maximum absolute atomic E-state index is 15.3. The van der Waals surface area contributed by atoms with E-state index in [0.29, 0.717) is 22.0 Å². The van der Waals surface area contributed by atoms with Gasteiger partial charge >= 0.3 is 12.1 Å². The van der Waals surface area contributed by atoms with Crippen LogP contribution in [0.1, 0.15) is 48.7 Å². The summed E-state index contributed by atoms with van der Waals surface area (Å²) in [4.78, 5) is 68.1. The van der Waals surface area contributed by atoms with E-state index in [0.717, 1.165) is 27.2 Å². The van der Waals surface area contributed by atoms with Crippen LogP contribution in [0, 0.1) is 13.8 Å². The molecule has 3 heterocycles. The van der Waals surface area contributed by atoms with Gasteiger partial charge < -0.3 is 15.0 Å². The lowest BCUT2D eigenvalue weighted by Gasteiger charge is -2.35. The van der Waals surface area contributed by atoms with Gasteiger partial charge in [-0.2, -0.15) is 24.5 Å². The molecule has 288 valence electrons. The first kappa shape index (κ1) is 39.3. The zero-order valence-electron chi connectivity index (χ0n) is 30.3. The topological polar surface area (TPSA) is 175 Å². The van der Waals surface area contributed by atoms with Gasteiger partial charge in [0.1, 0.15) is 17.6 Å². The maximum atomic E-state index is 15.3. The summed E-state index contributed by atoms with van der Waals surface area (Å²) in [7, 11) is 1.40. The van der Waals surface area contributed by atoms with E-state index in [4.69, 9.17) is 5.84 Å². The normalized spacial score (nSPS) is 12.6. The minimum atomic E-state index is -5.17. The average molecular weight is 784 g/mol. The van der Waals surface area contributed by atoms with E-state index in [-0.39, 0.29) is 24.6 Å². The number of benzene rings is 3. The summed E-state index contributed by atoms with van der Waals surface area (Å²) in [5.74, 6) is 0.272. The Hall–Kier alpha value is -6.39. The first-order valence-corrected chi connectivity index (χ1v) is 18.1. The molecule has 3 aromatic heterocycles. The van der Waals surface area contributed by atoms with Gasteiger partial charge in [-0.15, -0.1) is 0 Å². The molecule has 0 radical (unpaired) electrons. The molecule has 0 saturated carbocycles. The number of anilines is 1. The number of halogens is 3. The van der Waals surface area contributed by atoms with E-state index in [1.807, 2.05) is 54.3 Å². The Kier molecular flexibility index (Phi) is 11.3. The Morgan fingerprint density at radius 1 is 0.946 bits per heavy atom. The molecule has 56 heavy (non-hydrogen) atoms. The molecule has 12 nitrogen and oxygen atoms in total. The van der Waals surface area contributed by atoms with Gasteiger partial charge in [0, 0.05) is 48.7 Å². The van der Waals surface area contributed by atoms with Crippen molar-refractivity contribution in [2.45, 2.75) is 44.9 Å². The predicted octanol–water partition coefficient (Wildman–Crippen LogP) is 6.34. The third-order valence-electron chi connectivity index (χ3n) is 9.36. The smallest absolute Gasteiger partial charge is 0.420 e. The minimum Gasteiger partial charge on any atom is -0.476 e. The number of nitrogens with zero attached hydrogens (tertiary/aromatic N) is 4. The molecular formula is C40H36F3N7O5S. The fourth-order valence-corrected chi connectivity index (χ4v) is 7.30. The number of fused-ring (bicyclic) bond motifs is 1. The van der Waals surface area contributed by atoms with Crippen LogP contribution in [-0.4, -0.2) is 67.8 Å². The number of nitrogens with two attached hydrogens (primary N) is 1. The van der Waals surface area contributed by atoms with Gasteiger partial charge in [0.25, 0.3) is 17.7 Å². The number of H-pyrrole nitrogens is 1. The number of aromatic amines is 1. The van der Waals surface area contributed by atoms with E-state index in [1.54, 1.807) is 54.7 Å². The Labute approximate surface area is 322 Å². The van der Waals surface area contributed by atoms with Gasteiger partial charge in [-0.05, 0) is 71.1 Å². The number of carboxylic acids is 1. The fraction of sp³-hybridized carbons (Fsp3) is 0.200. The molecule has 2 atom stereocenters. The summed E-state index contributed by atoms with van der Waals surface area (Å²) >= 11 is 1.53. The SMILES string of the molecule is Cc1cc(C)cc(C(=O)N(C)[C@@H](Cc2ccc(-c3ccsc3)cc2)C(=O)N(c2ncc(C(F)(F)F)c(C(=O)O)n2)[C@@H](Cc2c[nH]c3ccccc23)C(=O)NN)c1. The van der Waals surface area contributed by atoms with Crippen molar-refractivity contribution >= 4 is 51.9 Å². The molecule has 0 saturated heterocycles. The van der Waals surface area contributed by atoms with Gasteiger partial charge in [-0.3, -0.25) is 24.7 Å². The van der Waals surface area contributed by atoms with Crippen LogP contribution in [0.4, 0.5) is 19.1 Å². The molecule has 0 aliphatic heterocycles. The number of rotatable bonds is 12. The number of hydrazine groups is 1. The second kappa shape index (κ2) is 16.1. The zero-order chi connectivity index (χ0) is 40.3. The van der Waals surface area contributed by atoms with Gasteiger partial charge in [0.15, 0.2) is 5.69 Å². The highest BCUT2D eigenvalue weighted by Crippen LogP contribution is 2.33. The number of nitrogens with one attached hydrogen (secondary N) is 2. The van der Waals surface area contributed by atoms with Crippen molar-refractivity contribution in [2.75, 3.05) is 11.9 Å². The second-order valence-corrected chi connectivity index (χ2v) is 14.0. The van der Waals surface area contributed by atoms with Crippen molar-refractivity contribution in [3.63, 3.8) is 0 Å². The van der Waals surface area contributed by atoms with Crippen LogP contribution in [0.2, 0.25) is 0 Å². The number of aryl methyl sites for hydroxylation is 2. The van der Waals surface area contributed by atoms with E-state index in [1.165, 1.54) is 23.3 Å². The van der Waals surface area contributed by atoms with Gasteiger partial charge in [0.2, 0.25) is 5.95 Å². The van der Waals surface area contributed by atoms with Crippen molar-refractivity contribution in [1.29, 1.82) is 0 Å².